The fourth-order valence-corrected chi connectivity index (χ4v) is 5.94. The van der Waals surface area contributed by atoms with Crippen molar-refractivity contribution in [2.45, 2.75) is 0 Å². The molecule has 0 spiro atoms. The summed E-state index contributed by atoms with van der Waals surface area (Å²) in [5.41, 5.74) is 0. The zero-order valence-electron chi connectivity index (χ0n) is 9.65. The fourth-order valence-electron chi connectivity index (χ4n) is 1.74. The van der Waals surface area contributed by atoms with Crippen LogP contribution in [0.5, 0.6) is 0 Å². The Bertz CT molecular complexity index is 835. The molecular formula is C12H2Cl2F4S3. The van der Waals surface area contributed by atoms with Gasteiger partial charge in [-0.3, -0.25) is 0 Å². The Labute approximate surface area is 137 Å². The molecule has 9 heteroatoms. The molecule has 0 amide bonds. The van der Waals surface area contributed by atoms with Crippen molar-refractivity contribution in [1.82, 2.24) is 0 Å². The van der Waals surface area contributed by atoms with Crippen molar-refractivity contribution in [2.75, 3.05) is 0 Å². The standard InChI is InChI=1S/C12H2Cl2F4S3/c13-11(17)7(15)3-1-5-9(20-3)10-6(19-5)2-4(21-10)8(16)12(14)18/h1-2H/b11-7+,12-8+. The third-order valence-electron chi connectivity index (χ3n) is 2.59. The normalized spacial score (nSPS) is 14.8. The minimum atomic E-state index is -1.41. The molecule has 0 bridgehead atoms. The maximum atomic E-state index is 13.5. The molecule has 0 N–H and O–H groups in total. The van der Waals surface area contributed by atoms with Crippen molar-refractivity contribution < 1.29 is 17.6 Å². The van der Waals surface area contributed by atoms with E-state index < -0.39 is 22.2 Å². The minimum Gasteiger partial charge on any atom is -0.201 e. The van der Waals surface area contributed by atoms with Crippen LogP contribution in [0.25, 0.3) is 30.5 Å². The lowest BCUT2D eigenvalue weighted by molar-refractivity contribution is 0.652. The summed E-state index contributed by atoms with van der Waals surface area (Å²) in [4.78, 5) is 0.111. The molecule has 3 rings (SSSR count). The van der Waals surface area contributed by atoms with Gasteiger partial charge in [-0.05, 0) is 35.3 Å². The molecule has 21 heavy (non-hydrogen) atoms. The Morgan fingerprint density at radius 1 is 0.714 bits per heavy atom. The van der Waals surface area contributed by atoms with Gasteiger partial charge in [0.2, 0.25) is 10.6 Å². The van der Waals surface area contributed by atoms with Crippen LogP contribution in [0.2, 0.25) is 0 Å². The Balaban J connectivity index is 2.20. The van der Waals surface area contributed by atoms with E-state index in [0.717, 1.165) is 32.1 Å². The molecule has 0 saturated heterocycles. The van der Waals surface area contributed by atoms with E-state index in [1.807, 2.05) is 0 Å². The highest BCUT2D eigenvalue weighted by atomic mass is 35.5. The van der Waals surface area contributed by atoms with E-state index >= 15 is 0 Å². The lowest BCUT2D eigenvalue weighted by Gasteiger charge is -1.89. The maximum absolute atomic E-state index is 13.5. The van der Waals surface area contributed by atoms with Crippen molar-refractivity contribution >= 4 is 87.7 Å². The Morgan fingerprint density at radius 3 is 1.43 bits per heavy atom. The number of halogens is 6. The first-order valence-electron chi connectivity index (χ1n) is 5.26. The highest BCUT2D eigenvalue weighted by Gasteiger charge is 2.18. The second-order valence-electron chi connectivity index (χ2n) is 3.86. The van der Waals surface area contributed by atoms with Crippen molar-refractivity contribution in [3.05, 3.63) is 32.5 Å². The molecule has 0 saturated carbocycles. The third-order valence-corrected chi connectivity index (χ3v) is 6.68. The molecule has 0 fully saturated rings. The van der Waals surface area contributed by atoms with E-state index in [4.69, 9.17) is 23.2 Å². The summed E-state index contributed by atoms with van der Waals surface area (Å²) in [5, 5.41) is -2.82. The van der Waals surface area contributed by atoms with Gasteiger partial charge in [0.1, 0.15) is 0 Å². The summed E-state index contributed by atoms with van der Waals surface area (Å²) in [5.74, 6) is -2.26. The average molecular weight is 389 g/mol. The molecule has 0 aliphatic heterocycles. The van der Waals surface area contributed by atoms with Gasteiger partial charge in [0.15, 0.2) is 11.7 Å². The van der Waals surface area contributed by atoms with Crippen LogP contribution in [0.1, 0.15) is 9.75 Å². The smallest absolute Gasteiger partial charge is 0.201 e. The molecule has 0 aliphatic carbocycles. The monoisotopic (exact) mass is 388 g/mol. The molecule has 110 valence electrons. The molecule has 3 aromatic heterocycles. The topological polar surface area (TPSA) is 0 Å². The van der Waals surface area contributed by atoms with Crippen LogP contribution < -0.4 is 0 Å². The highest BCUT2D eigenvalue weighted by molar-refractivity contribution is 7.39. The molecule has 3 aromatic rings. The van der Waals surface area contributed by atoms with Crippen molar-refractivity contribution in [3.8, 4) is 0 Å². The van der Waals surface area contributed by atoms with Crippen LogP contribution in [0.4, 0.5) is 17.6 Å². The maximum Gasteiger partial charge on any atom is 0.226 e. The van der Waals surface area contributed by atoms with Crippen LogP contribution in [0, 0.1) is 0 Å². The second kappa shape index (κ2) is 5.55. The number of fused-ring (bicyclic) bond motifs is 3. The zero-order chi connectivity index (χ0) is 15.3. The number of hydrogen-bond donors (Lipinski definition) is 0. The lowest BCUT2D eigenvalue weighted by atomic mass is 10.4. The third kappa shape index (κ3) is 2.61. The summed E-state index contributed by atoms with van der Waals surface area (Å²) in [6.45, 7) is 0. The first-order valence-corrected chi connectivity index (χ1v) is 8.47. The lowest BCUT2D eigenvalue weighted by Crippen LogP contribution is -1.69. The molecular weight excluding hydrogens is 387 g/mol. The zero-order valence-corrected chi connectivity index (χ0v) is 13.6. The van der Waals surface area contributed by atoms with Gasteiger partial charge in [0.25, 0.3) is 0 Å². The van der Waals surface area contributed by atoms with Gasteiger partial charge >= 0.3 is 0 Å². The van der Waals surface area contributed by atoms with Crippen molar-refractivity contribution in [2.24, 2.45) is 0 Å². The van der Waals surface area contributed by atoms with Gasteiger partial charge in [0, 0.05) is 9.40 Å². The Kier molecular flexibility index (Phi) is 4.04. The predicted octanol–water partition coefficient (Wildman–Crippen LogP) is 7.79. The van der Waals surface area contributed by atoms with Crippen molar-refractivity contribution in [3.63, 3.8) is 0 Å². The van der Waals surface area contributed by atoms with Crippen molar-refractivity contribution in [1.29, 1.82) is 0 Å². The van der Waals surface area contributed by atoms with Crippen LogP contribution in [-0.4, -0.2) is 0 Å². The van der Waals surface area contributed by atoms with E-state index in [2.05, 4.69) is 0 Å². The van der Waals surface area contributed by atoms with E-state index in [1.165, 1.54) is 23.5 Å². The van der Waals surface area contributed by atoms with E-state index in [0.29, 0.717) is 9.40 Å². The Hall–Kier alpha value is -0.600. The first-order chi connectivity index (χ1) is 9.88. The van der Waals surface area contributed by atoms with E-state index in [9.17, 15) is 17.6 Å². The summed E-state index contributed by atoms with van der Waals surface area (Å²) < 4.78 is 55.1. The van der Waals surface area contributed by atoms with E-state index in [-0.39, 0.29) is 9.75 Å². The molecule has 0 atom stereocenters. The van der Waals surface area contributed by atoms with Crippen LogP contribution in [-0.2, 0) is 0 Å². The number of hydrogen-bond acceptors (Lipinski definition) is 3. The van der Waals surface area contributed by atoms with Gasteiger partial charge in [-0.2, -0.15) is 8.78 Å². The molecule has 3 heterocycles. The Morgan fingerprint density at radius 2 is 1.10 bits per heavy atom. The second-order valence-corrected chi connectivity index (χ2v) is 7.71. The SMILES string of the molecule is F/C(Cl)=C(/F)c1cc2sc3cc(/C(F)=C(\F)Cl)sc3c2s1. The molecule has 0 nitrogen and oxygen atoms in total. The summed E-state index contributed by atoms with van der Waals surface area (Å²) in [6.07, 6.45) is 0. The molecule has 0 aliphatic rings. The van der Waals surface area contributed by atoms with Gasteiger partial charge in [-0.1, -0.05) is 0 Å². The predicted molar refractivity (Wildman–Crippen MR) is 85.1 cm³/mol. The quantitative estimate of drug-likeness (QED) is 0.393. The van der Waals surface area contributed by atoms with Gasteiger partial charge in [0.05, 0.1) is 19.2 Å². The molecule has 0 aromatic carbocycles. The van der Waals surface area contributed by atoms with Gasteiger partial charge in [-0.25, -0.2) is 8.78 Å². The fraction of sp³-hybridized carbons (Fsp3) is 0. The molecule has 0 radical (unpaired) electrons. The minimum absolute atomic E-state index is 0.0557. The number of rotatable bonds is 2. The van der Waals surface area contributed by atoms with Gasteiger partial charge < -0.3 is 0 Å². The summed E-state index contributed by atoms with van der Waals surface area (Å²) >= 11 is 13.3. The van der Waals surface area contributed by atoms with Gasteiger partial charge in [-0.15, -0.1) is 34.0 Å². The highest BCUT2D eigenvalue weighted by Crippen LogP contribution is 2.47. The van der Waals surface area contributed by atoms with E-state index in [1.54, 1.807) is 0 Å². The van der Waals surface area contributed by atoms with Crippen LogP contribution in [0.15, 0.2) is 22.7 Å². The largest absolute Gasteiger partial charge is 0.226 e. The van der Waals surface area contributed by atoms with Crippen LogP contribution in [0.3, 0.4) is 0 Å². The summed E-state index contributed by atoms with van der Waals surface area (Å²) in [6, 6.07) is 2.95. The molecule has 0 unspecified atom stereocenters. The average Bonchev–Trinajstić information content (AvgIpc) is 3.05. The van der Waals surface area contributed by atoms with Crippen LogP contribution >= 0.6 is 57.2 Å². The number of thiophene rings is 3. The first kappa shape index (κ1) is 15.3. The summed E-state index contributed by atoms with van der Waals surface area (Å²) in [7, 11) is 0.